The molecule has 3 aromatic carbocycles. The van der Waals surface area contributed by atoms with Crippen LogP contribution in [0.1, 0.15) is 27.8 Å². The van der Waals surface area contributed by atoms with Gasteiger partial charge in [0.25, 0.3) is 0 Å². The van der Waals surface area contributed by atoms with E-state index >= 15 is 0 Å². The summed E-state index contributed by atoms with van der Waals surface area (Å²) in [7, 11) is 6.46. The van der Waals surface area contributed by atoms with Gasteiger partial charge in [-0.15, -0.1) is 0 Å². The van der Waals surface area contributed by atoms with Gasteiger partial charge < -0.3 is 4.74 Å². The summed E-state index contributed by atoms with van der Waals surface area (Å²) in [6.07, 6.45) is 3.16. The van der Waals surface area contributed by atoms with Crippen molar-refractivity contribution >= 4 is 51.6 Å². The summed E-state index contributed by atoms with van der Waals surface area (Å²) < 4.78 is 6.15. The lowest BCUT2D eigenvalue weighted by Gasteiger charge is -2.12. The minimum absolute atomic E-state index is 0.596. The van der Waals surface area contributed by atoms with Crippen molar-refractivity contribution in [2.24, 2.45) is 0 Å². The summed E-state index contributed by atoms with van der Waals surface area (Å²) in [6.45, 7) is 7.04. The zero-order valence-electron chi connectivity index (χ0n) is 17.8. The van der Waals surface area contributed by atoms with Gasteiger partial charge in [-0.2, -0.15) is 0 Å². The first-order valence-electron chi connectivity index (χ1n) is 10.2. The third-order valence-corrected chi connectivity index (χ3v) is 5.94. The van der Waals surface area contributed by atoms with E-state index < -0.39 is 0 Å². The molecular formula is C25H25B3O. The van der Waals surface area contributed by atoms with Gasteiger partial charge in [0, 0.05) is 0 Å². The zero-order chi connectivity index (χ0) is 20.5. The molecule has 0 fully saturated rings. The largest absolute Gasteiger partial charge is 0.489 e. The molecule has 0 radical (unpaired) electrons. The van der Waals surface area contributed by atoms with Gasteiger partial charge in [-0.1, -0.05) is 77.1 Å². The molecule has 0 bridgehead atoms. The van der Waals surface area contributed by atoms with Crippen LogP contribution < -0.4 is 21.1 Å². The molecule has 0 unspecified atom stereocenters. The number of fused-ring (bicyclic) bond motifs is 1. The third-order valence-electron chi connectivity index (χ3n) is 5.94. The Morgan fingerprint density at radius 1 is 0.931 bits per heavy atom. The van der Waals surface area contributed by atoms with E-state index in [9.17, 15) is 0 Å². The lowest BCUT2D eigenvalue weighted by Crippen LogP contribution is -2.32. The number of rotatable bonds is 4. The average molecular weight is 374 g/mol. The van der Waals surface area contributed by atoms with Crippen molar-refractivity contribution in [3.8, 4) is 5.75 Å². The monoisotopic (exact) mass is 374 g/mol. The molecule has 4 heteroatoms. The third kappa shape index (κ3) is 4.12. The van der Waals surface area contributed by atoms with E-state index in [1.54, 1.807) is 0 Å². The van der Waals surface area contributed by atoms with Crippen LogP contribution >= 0.6 is 0 Å². The molecule has 1 aliphatic rings. The topological polar surface area (TPSA) is 9.23 Å². The fourth-order valence-corrected chi connectivity index (χ4v) is 3.92. The molecule has 1 nitrogen and oxygen atoms in total. The van der Waals surface area contributed by atoms with Gasteiger partial charge >= 0.3 is 0 Å². The number of ether oxygens (including phenoxy) is 1. The highest BCUT2D eigenvalue weighted by Crippen LogP contribution is 2.38. The molecule has 140 valence electrons. The summed E-state index contributed by atoms with van der Waals surface area (Å²) in [6, 6.07) is 19.5. The van der Waals surface area contributed by atoms with E-state index in [1.807, 2.05) is 0 Å². The summed E-state index contributed by atoms with van der Waals surface area (Å²) in [4.78, 5) is 0. The van der Waals surface area contributed by atoms with Crippen molar-refractivity contribution in [2.45, 2.75) is 20.0 Å². The van der Waals surface area contributed by atoms with Crippen molar-refractivity contribution in [1.82, 2.24) is 0 Å². The van der Waals surface area contributed by atoms with Gasteiger partial charge in [0.05, 0.1) is 0 Å². The molecule has 0 heterocycles. The maximum atomic E-state index is 6.15. The number of hydrogen-bond acceptors (Lipinski definition) is 1. The highest BCUT2D eigenvalue weighted by Gasteiger charge is 2.20. The van der Waals surface area contributed by atoms with Crippen LogP contribution in [0.15, 0.2) is 66.7 Å². The maximum Gasteiger partial charge on any atom is 0.139 e. The molecule has 0 amide bonds. The van der Waals surface area contributed by atoms with Crippen LogP contribution in [0, 0.1) is 6.92 Å². The summed E-state index contributed by atoms with van der Waals surface area (Å²) >= 11 is 0. The fraction of sp³-hybridized carbons (Fsp3) is 0.120. The second-order valence-electron chi connectivity index (χ2n) is 8.21. The molecule has 0 aromatic heterocycles. The lowest BCUT2D eigenvalue weighted by atomic mass is 9.75. The summed E-state index contributed by atoms with van der Waals surface area (Å²) in [5.74, 6) is 0.922. The molecule has 3 aromatic rings. The van der Waals surface area contributed by atoms with Gasteiger partial charge in [0.1, 0.15) is 35.9 Å². The van der Waals surface area contributed by atoms with Crippen molar-refractivity contribution < 1.29 is 4.74 Å². The van der Waals surface area contributed by atoms with Crippen LogP contribution in [0.2, 0.25) is 0 Å². The minimum atomic E-state index is 0.596. The first-order valence-corrected chi connectivity index (χ1v) is 10.2. The van der Waals surface area contributed by atoms with E-state index in [0.29, 0.717) is 6.61 Å². The molecule has 29 heavy (non-hydrogen) atoms. The first kappa shape index (κ1) is 19.5. The predicted molar refractivity (Wildman–Crippen MR) is 134 cm³/mol. The number of aryl methyl sites for hydroxylation is 1. The van der Waals surface area contributed by atoms with Crippen LogP contribution in [0.3, 0.4) is 0 Å². The Hall–Kier alpha value is -2.87. The van der Waals surface area contributed by atoms with E-state index in [-0.39, 0.29) is 0 Å². The van der Waals surface area contributed by atoms with E-state index in [4.69, 9.17) is 4.74 Å². The molecule has 0 saturated heterocycles. The van der Waals surface area contributed by atoms with E-state index in [0.717, 1.165) is 17.7 Å². The minimum Gasteiger partial charge on any atom is -0.489 e. The van der Waals surface area contributed by atoms with Crippen molar-refractivity contribution in [3.63, 3.8) is 0 Å². The van der Waals surface area contributed by atoms with Gasteiger partial charge in [-0.25, -0.2) is 0 Å². The Kier molecular flexibility index (Phi) is 5.28. The van der Waals surface area contributed by atoms with Gasteiger partial charge in [-0.05, 0) is 58.9 Å². The van der Waals surface area contributed by atoms with Crippen molar-refractivity contribution in [2.75, 3.05) is 0 Å². The zero-order valence-corrected chi connectivity index (χ0v) is 17.8. The predicted octanol–water partition coefficient (Wildman–Crippen LogP) is 1.00. The molecule has 0 N–H and O–H groups in total. The molecule has 0 saturated carbocycles. The first-order chi connectivity index (χ1) is 13.9. The second kappa shape index (κ2) is 7.87. The van der Waals surface area contributed by atoms with Crippen LogP contribution in [-0.4, -0.2) is 23.5 Å². The number of benzene rings is 3. The Morgan fingerprint density at radius 3 is 2.41 bits per heavy atom. The fourth-order valence-electron chi connectivity index (χ4n) is 3.92. The maximum absolute atomic E-state index is 6.15. The lowest BCUT2D eigenvalue weighted by molar-refractivity contribution is 0.307. The molecule has 0 aliphatic heterocycles. The van der Waals surface area contributed by atoms with Crippen LogP contribution in [0.4, 0.5) is 0 Å². The van der Waals surface area contributed by atoms with Crippen molar-refractivity contribution in [1.29, 1.82) is 0 Å². The summed E-state index contributed by atoms with van der Waals surface area (Å²) in [5.41, 5.74) is 12.6. The smallest absolute Gasteiger partial charge is 0.139 e. The second-order valence-corrected chi connectivity index (χ2v) is 8.21. The molecular weight excluding hydrogens is 349 g/mol. The SMILES string of the molecule is Bc1cc(B)c(COc2ccc3c(c2)C/C(=C\c2ccc(C)cc2)C3=C)cc1B. The Labute approximate surface area is 176 Å². The molecule has 0 spiro atoms. The van der Waals surface area contributed by atoms with Gasteiger partial charge in [-0.3, -0.25) is 0 Å². The van der Waals surface area contributed by atoms with Gasteiger partial charge in [0.15, 0.2) is 0 Å². The van der Waals surface area contributed by atoms with E-state index in [2.05, 4.69) is 97.7 Å². The van der Waals surface area contributed by atoms with Crippen LogP contribution in [0.25, 0.3) is 11.6 Å². The van der Waals surface area contributed by atoms with Gasteiger partial charge in [0.2, 0.25) is 0 Å². The Bertz CT molecular complexity index is 1130. The van der Waals surface area contributed by atoms with E-state index in [1.165, 1.54) is 49.8 Å². The normalized spacial score (nSPS) is 14.2. The Morgan fingerprint density at radius 2 is 1.66 bits per heavy atom. The van der Waals surface area contributed by atoms with Crippen LogP contribution in [-0.2, 0) is 13.0 Å². The molecule has 1 aliphatic carbocycles. The summed E-state index contributed by atoms with van der Waals surface area (Å²) in [5, 5.41) is 0. The highest BCUT2D eigenvalue weighted by molar-refractivity contribution is 6.50. The molecule has 0 atom stereocenters. The number of allylic oxidation sites excluding steroid dienone is 2. The Balaban J connectivity index is 1.52. The average Bonchev–Trinajstić information content (AvgIpc) is 3.00. The number of hydrogen-bond donors (Lipinski definition) is 0. The van der Waals surface area contributed by atoms with Crippen molar-refractivity contribution in [3.05, 3.63) is 94.6 Å². The highest BCUT2D eigenvalue weighted by atomic mass is 16.5. The quantitative estimate of drug-likeness (QED) is 0.620. The standard InChI is InChI=1S/C25H25B3O/c1-15-3-5-17(6-4-15)9-18-10-19-11-21(7-8-22(19)16(18)2)29-14-20-12-24(27)25(28)13-23(20)26/h3-9,11-13H,2,10,14,26-28H2,1H3/b18-9+. The molecule has 4 rings (SSSR count). The van der Waals surface area contributed by atoms with Crippen LogP contribution in [0.5, 0.6) is 5.75 Å².